The Kier molecular flexibility index (Phi) is 4.65. The van der Waals surface area contributed by atoms with Gasteiger partial charge in [-0.3, -0.25) is 24.5 Å². The number of piperidine rings is 1. The van der Waals surface area contributed by atoms with E-state index in [1.54, 1.807) is 23.1 Å². The highest BCUT2D eigenvalue weighted by Crippen LogP contribution is 2.60. The Morgan fingerprint density at radius 3 is 2.43 bits per heavy atom. The maximum atomic E-state index is 15.3. The van der Waals surface area contributed by atoms with Gasteiger partial charge in [0, 0.05) is 42.6 Å². The average molecular weight is 479 g/mol. The number of amides is 4. The van der Waals surface area contributed by atoms with Crippen LogP contribution in [0.1, 0.15) is 57.5 Å². The molecule has 1 atom stereocenters. The number of rotatable bonds is 3. The lowest BCUT2D eigenvalue weighted by molar-refractivity contribution is -0.144. The summed E-state index contributed by atoms with van der Waals surface area (Å²) in [5.41, 5.74) is 0.291. The largest absolute Gasteiger partial charge is 0.337 e. The summed E-state index contributed by atoms with van der Waals surface area (Å²) in [7, 11) is 0. The lowest BCUT2D eigenvalue weighted by Gasteiger charge is -2.61. The number of benzene rings is 2. The number of alkyl halides is 1. The SMILES string of the molecule is O=C1CCC(N2Cc3cc(C(=O)N4CC5(C4)CC(F)(c4ccc(F)cc4)C5)ccc3C2=O)C(=O)N1. The Bertz CT molecular complexity index is 1280. The third-order valence-corrected chi connectivity index (χ3v) is 7.78. The fraction of sp³-hybridized carbons (Fsp3) is 0.385. The van der Waals surface area contributed by atoms with E-state index in [1.807, 2.05) is 0 Å². The fourth-order valence-electron chi connectivity index (χ4n) is 6.11. The molecule has 1 aliphatic carbocycles. The second-order valence-electron chi connectivity index (χ2n) is 10.3. The van der Waals surface area contributed by atoms with Crippen molar-refractivity contribution in [3.05, 3.63) is 70.5 Å². The summed E-state index contributed by atoms with van der Waals surface area (Å²) in [5.74, 6) is -1.68. The van der Waals surface area contributed by atoms with Gasteiger partial charge in [0.05, 0.1) is 0 Å². The van der Waals surface area contributed by atoms with Gasteiger partial charge in [0.2, 0.25) is 11.8 Å². The van der Waals surface area contributed by atoms with Crippen LogP contribution in [0.2, 0.25) is 0 Å². The van der Waals surface area contributed by atoms with Gasteiger partial charge in [0.1, 0.15) is 17.5 Å². The van der Waals surface area contributed by atoms with E-state index in [0.29, 0.717) is 48.2 Å². The van der Waals surface area contributed by atoms with E-state index < -0.39 is 23.4 Å². The smallest absolute Gasteiger partial charge is 0.255 e. The minimum Gasteiger partial charge on any atom is -0.337 e. The van der Waals surface area contributed by atoms with E-state index in [1.165, 1.54) is 29.2 Å². The molecular weight excluding hydrogens is 456 g/mol. The summed E-state index contributed by atoms with van der Waals surface area (Å²) in [6.07, 6.45) is 1.06. The van der Waals surface area contributed by atoms with Gasteiger partial charge in [-0.05, 0) is 60.7 Å². The molecule has 1 unspecified atom stereocenters. The Morgan fingerprint density at radius 1 is 1.03 bits per heavy atom. The van der Waals surface area contributed by atoms with Gasteiger partial charge in [0.25, 0.3) is 11.8 Å². The van der Waals surface area contributed by atoms with Gasteiger partial charge < -0.3 is 9.80 Å². The highest BCUT2D eigenvalue weighted by atomic mass is 19.1. The number of imide groups is 1. The number of hydrogen-bond donors (Lipinski definition) is 1. The van der Waals surface area contributed by atoms with Gasteiger partial charge in [-0.15, -0.1) is 0 Å². The molecule has 3 heterocycles. The molecule has 1 saturated carbocycles. The molecule has 0 aromatic heterocycles. The normalized spacial score (nSPS) is 24.1. The molecule has 0 bridgehead atoms. The van der Waals surface area contributed by atoms with Crippen LogP contribution < -0.4 is 5.32 Å². The van der Waals surface area contributed by atoms with Gasteiger partial charge in [-0.25, -0.2) is 8.78 Å². The maximum Gasteiger partial charge on any atom is 0.255 e. The first-order chi connectivity index (χ1) is 16.7. The summed E-state index contributed by atoms with van der Waals surface area (Å²) >= 11 is 0. The summed E-state index contributed by atoms with van der Waals surface area (Å²) in [5, 5.41) is 2.27. The first-order valence-electron chi connectivity index (χ1n) is 11.7. The van der Waals surface area contributed by atoms with Crippen molar-refractivity contribution < 1.29 is 28.0 Å². The molecule has 6 rings (SSSR count). The predicted octanol–water partition coefficient (Wildman–Crippen LogP) is 2.69. The molecule has 35 heavy (non-hydrogen) atoms. The van der Waals surface area contributed by atoms with Crippen LogP contribution in [0.25, 0.3) is 0 Å². The number of carbonyl (C=O) groups excluding carboxylic acids is 4. The molecule has 3 aliphatic heterocycles. The van der Waals surface area contributed by atoms with Gasteiger partial charge in [0.15, 0.2) is 0 Å². The van der Waals surface area contributed by atoms with Crippen LogP contribution in [-0.2, 0) is 21.8 Å². The van der Waals surface area contributed by atoms with Crippen molar-refractivity contribution in [1.29, 1.82) is 0 Å². The zero-order valence-corrected chi connectivity index (χ0v) is 18.9. The second-order valence-corrected chi connectivity index (χ2v) is 10.3. The van der Waals surface area contributed by atoms with Crippen LogP contribution in [0.15, 0.2) is 42.5 Å². The van der Waals surface area contributed by atoms with Gasteiger partial charge >= 0.3 is 0 Å². The van der Waals surface area contributed by atoms with E-state index in [9.17, 15) is 23.6 Å². The number of halogens is 2. The predicted molar refractivity (Wildman–Crippen MR) is 119 cm³/mol. The number of nitrogens with zero attached hydrogens (tertiary/aromatic N) is 2. The maximum absolute atomic E-state index is 15.3. The average Bonchev–Trinajstić information content (AvgIpc) is 3.11. The van der Waals surface area contributed by atoms with Crippen molar-refractivity contribution >= 4 is 23.6 Å². The monoisotopic (exact) mass is 479 g/mol. The third-order valence-electron chi connectivity index (χ3n) is 7.78. The van der Waals surface area contributed by atoms with Crippen molar-refractivity contribution in [1.82, 2.24) is 15.1 Å². The summed E-state index contributed by atoms with van der Waals surface area (Å²) in [4.78, 5) is 52.7. The topological polar surface area (TPSA) is 86.8 Å². The van der Waals surface area contributed by atoms with Crippen LogP contribution in [0.3, 0.4) is 0 Å². The van der Waals surface area contributed by atoms with Crippen LogP contribution in [-0.4, -0.2) is 52.6 Å². The molecule has 1 N–H and O–H groups in total. The molecule has 2 saturated heterocycles. The Labute approximate surface area is 200 Å². The lowest BCUT2D eigenvalue weighted by Crippen LogP contribution is -2.66. The standard InChI is InChI=1S/C26H23F2N3O4/c27-18-4-2-17(3-5-18)26(28)11-25(12-26)13-30(14-25)23(34)15-1-6-19-16(9-15)10-31(24(19)35)20-7-8-21(32)29-22(20)33/h1-6,9,20H,7-8,10-14H2,(H,29,32,33). The summed E-state index contributed by atoms with van der Waals surface area (Å²) in [6, 6.07) is 9.68. The number of nitrogens with one attached hydrogen (secondary N) is 1. The Hall–Kier alpha value is -3.62. The zero-order valence-electron chi connectivity index (χ0n) is 18.9. The first kappa shape index (κ1) is 21.9. The fourth-order valence-corrected chi connectivity index (χ4v) is 6.11. The van der Waals surface area contributed by atoms with Gasteiger partial charge in [-0.1, -0.05) is 12.1 Å². The number of likely N-dealkylation sites (tertiary alicyclic amines) is 1. The minimum atomic E-state index is -1.49. The molecule has 2 aromatic carbocycles. The highest BCUT2D eigenvalue weighted by Gasteiger charge is 2.62. The van der Waals surface area contributed by atoms with Crippen molar-refractivity contribution in [3.8, 4) is 0 Å². The summed E-state index contributed by atoms with van der Waals surface area (Å²) < 4.78 is 28.4. The first-order valence-corrected chi connectivity index (χ1v) is 11.7. The van der Waals surface area contributed by atoms with E-state index in [-0.39, 0.29) is 42.5 Å². The van der Waals surface area contributed by atoms with Crippen LogP contribution in [0.5, 0.6) is 0 Å². The van der Waals surface area contributed by atoms with Crippen molar-refractivity contribution in [2.45, 2.75) is 43.9 Å². The number of hydrogen-bond acceptors (Lipinski definition) is 4. The zero-order chi connectivity index (χ0) is 24.5. The molecule has 2 aromatic rings. The number of fused-ring (bicyclic) bond motifs is 1. The summed E-state index contributed by atoms with van der Waals surface area (Å²) in [6.45, 7) is 1.11. The molecule has 1 spiro atoms. The van der Waals surface area contributed by atoms with E-state index in [4.69, 9.17) is 0 Å². The van der Waals surface area contributed by atoms with Crippen LogP contribution in [0, 0.1) is 11.2 Å². The Morgan fingerprint density at radius 2 is 1.74 bits per heavy atom. The molecule has 4 aliphatic rings. The van der Waals surface area contributed by atoms with E-state index in [2.05, 4.69) is 5.32 Å². The molecule has 0 radical (unpaired) electrons. The number of carbonyl (C=O) groups is 4. The highest BCUT2D eigenvalue weighted by molar-refractivity contribution is 6.06. The van der Waals surface area contributed by atoms with E-state index in [0.717, 1.165) is 0 Å². The third kappa shape index (κ3) is 3.44. The van der Waals surface area contributed by atoms with Crippen molar-refractivity contribution in [3.63, 3.8) is 0 Å². The second kappa shape index (κ2) is 7.44. The molecule has 3 fully saturated rings. The molecule has 9 heteroatoms. The van der Waals surface area contributed by atoms with Gasteiger partial charge in [-0.2, -0.15) is 0 Å². The van der Waals surface area contributed by atoms with Crippen LogP contribution >= 0.6 is 0 Å². The molecular formula is C26H23F2N3O4. The minimum absolute atomic E-state index is 0.177. The molecule has 4 amide bonds. The Balaban J connectivity index is 1.10. The van der Waals surface area contributed by atoms with E-state index >= 15 is 4.39 Å². The molecule has 7 nitrogen and oxygen atoms in total. The van der Waals surface area contributed by atoms with Crippen LogP contribution in [0.4, 0.5) is 8.78 Å². The lowest BCUT2D eigenvalue weighted by atomic mass is 9.54. The quantitative estimate of drug-likeness (QED) is 0.686. The molecule has 180 valence electrons. The van der Waals surface area contributed by atoms with Crippen molar-refractivity contribution in [2.75, 3.05) is 13.1 Å². The van der Waals surface area contributed by atoms with Crippen molar-refractivity contribution in [2.24, 2.45) is 5.41 Å².